The van der Waals surface area contributed by atoms with Crippen LogP contribution in [0, 0.1) is 11.3 Å². The fraction of sp³-hybridized carbons (Fsp3) is 0.600. The van der Waals surface area contributed by atoms with Crippen molar-refractivity contribution in [1.82, 2.24) is 9.80 Å². The second-order valence-electron chi connectivity index (χ2n) is 8.30. The van der Waals surface area contributed by atoms with Crippen LogP contribution in [-0.4, -0.2) is 47.8 Å². The molecule has 0 N–H and O–H groups in total. The van der Waals surface area contributed by atoms with Gasteiger partial charge in [-0.3, -0.25) is 9.59 Å². The first-order chi connectivity index (χ1) is 11.3. The summed E-state index contributed by atoms with van der Waals surface area (Å²) >= 11 is 0. The molecule has 1 saturated heterocycles. The molecule has 2 fully saturated rings. The van der Waals surface area contributed by atoms with Gasteiger partial charge in [-0.05, 0) is 23.3 Å². The van der Waals surface area contributed by atoms with Crippen LogP contribution in [0.3, 0.4) is 0 Å². The summed E-state index contributed by atoms with van der Waals surface area (Å²) in [5.74, 6) is 1.01. The van der Waals surface area contributed by atoms with Crippen LogP contribution in [0.1, 0.15) is 45.1 Å². The van der Waals surface area contributed by atoms with E-state index < -0.39 is 0 Å². The minimum Gasteiger partial charge on any atom is -0.339 e. The minimum atomic E-state index is 0.0148. The largest absolute Gasteiger partial charge is 0.339 e. The van der Waals surface area contributed by atoms with Gasteiger partial charge in [0.15, 0.2) is 0 Å². The maximum Gasteiger partial charge on any atom is 0.226 e. The Morgan fingerprint density at radius 2 is 1.58 bits per heavy atom. The van der Waals surface area contributed by atoms with Crippen molar-refractivity contribution in [3.8, 4) is 0 Å². The van der Waals surface area contributed by atoms with Crippen LogP contribution in [-0.2, 0) is 9.59 Å². The molecule has 1 aliphatic carbocycles. The zero-order valence-electron chi connectivity index (χ0n) is 15.0. The number of carbonyl (C=O) groups excluding carboxylic acids is 2. The fourth-order valence-corrected chi connectivity index (χ4v) is 3.51. The lowest BCUT2D eigenvalue weighted by molar-refractivity contribution is -0.141. The average Bonchev–Trinajstić information content (AvgIpc) is 3.34. The summed E-state index contributed by atoms with van der Waals surface area (Å²) < 4.78 is 0. The zero-order chi connectivity index (χ0) is 17.3. The quantitative estimate of drug-likeness (QED) is 0.856. The van der Waals surface area contributed by atoms with Crippen molar-refractivity contribution < 1.29 is 9.59 Å². The Morgan fingerprint density at radius 3 is 2.17 bits per heavy atom. The van der Waals surface area contributed by atoms with Crippen LogP contribution >= 0.6 is 0 Å². The number of benzene rings is 1. The van der Waals surface area contributed by atoms with E-state index >= 15 is 0 Å². The van der Waals surface area contributed by atoms with Gasteiger partial charge in [0.05, 0.1) is 0 Å². The average molecular weight is 328 g/mol. The topological polar surface area (TPSA) is 40.6 Å². The van der Waals surface area contributed by atoms with E-state index in [2.05, 4.69) is 32.9 Å². The maximum absolute atomic E-state index is 12.7. The number of rotatable bonds is 3. The molecule has 1 aromatic carbocycles. The molecular weight excluding hydrogens is 300 g/mol. The van der Waals surface area contributed by atoms with E-state index in [1.165, 1.54) is 5.56 Å². The van der Waals surface area contributed by atoms with Crippen molar-refractivity contribution in [2.24, 2.45) is 11.3 Å². The van der Waals surface area contributed by atoms with E-state index in [1.807, 2.05) is 28.0 Å². The standard InChI is InChI=1S/C20H28N2O2/c1-20(2,3)14-18(23)21-9-11-22(12-10-21)19(24)17-13-16(17)15-7-5-4-6-8-15/h4-8,16-17H,9-14H2,1-3H3. The van der Waals surface area contributed by atoms with Crippen molar-refractivity contribution in [3.05, 3.63) is 35.9 Å². The first kappa shape index (κ1) is 17.0. The monoisotopic (exact) mass is 328 g/mol. The molecule has 1 aliphatic heterocycles. The van der Waals surface area contributed by atoms with Crippen LogP contribution in [0.4, 0.5) is 0 Å². The summed E-state index contributed by atoms with van der Waals surface area (Å²) in [4.78, 5) is 28.8. The molecule has 1 aromatic rings. The summed E-state index contributed by atoms with van der Waals surface area (Å²) in [6, 6.07) is 10.3. The molecule has 0 radical (unpaired) electrons. The van der Waals surface area contributed by atoms with Crippen LogP contribution < -0.4 is 0 Å². The third-order valence-electron chi connectivity index (χ3n) is 4.96. The Kier molecular flexibility index (Phi) is 4.66. The van der Waals surface area contributed by atoms with Gasteiger partial charge < -0.3 is 9.80 Å². The Bertz CT molecular complexity index is 598. The molecule has 1 saturated carbocycles. The number of carbonyl (C=O) groups is 2. The van der Waals surface area contributed by atoms with Crippen molar-refractivity contribution in [2.75, 3.05) is 26.2 Å². The molecule has 2 amide bonds. The van der Waals surface area contributed by atoms with Crippen LogP contribution in [0.5, 0.6) is 0 Å². The van der Waals surface area contributed by atoms with E-state index in [0.29, 0.717) is 38.5 Å². The minimum absolute atomic E-state index is 0.0148. The van der Waals surface area contributed by atoms with Gasteiger partial charge in [0, 0.05) is 38.5 Å². The molecule has 0 spiro atoms. The van der Waals surface area contributed by atoms with E-state index in [0.717, 1.165) is 6.42 Å². The normalized spacial score (nSPS) is 24.0. The number of hydrogen-bond acceptors (Lipinski definition) is 2. The van der Waals surface area contributed by atoms with Gasteiger partial charge in [0.25, 0.3) is 0 Å². The highest BCUT2D eigenvalue weighted by Gasteiger charge is 2.46. The lowest BCUT2D eigenvalue weighted by Crippen LogP contribution is -2.51. The van der Waals surface area contributed by atoms with Crippen LogP contribution in [0.2, 0.25) is 0 Å². The van der Waals surface area contributed by atoms with Crippen molar-refractivity contribution in [1.29, 1.82) is 0 Å². The molecule has 3 rings (SSSR count). The third kappa shape index (κ3) is 3.97. The maximum atomic E-state index is 12.7. The Labute approximate surface area is 144 Å². The summed E-state index contributed by atoms with van der Waals surface area (Å²) in [5.41, 5.74) is 1.29. The van der Waals surface area contributed by atoms with Crippen molar-refractivity contribution >= 4 is 11.8 Å². The molecule has 24 heavy (non-hydrogen) atoms. The van der Waals surface area contributed by atoms with Crippen molar-refractivity contribution in [2.45, 2.75) is 39.5 Å². The summed E-state index contributed by atoms with van der Waals surface area (Å²) in [6.07, 6.45) is 1.53. The van der Waals surface area contributed by atoms with Gasteiger partial charge in [-0.25, -0.2) is 0 Å². The van der Waals surface area contributed by atoms with E-state index in [1.54, 1.807) is 0 Å². The molecule has 2 atom stereocenters. The predicted molar refractivity (Wildman–Crippen MR) is 94.5 cm³/mol. The van der Waals surface area contributed by atoms with Gasteiger partial charge >= 0.3 is 0 Å². The first-order valence-corrected chi connectivity index (χ1v) is 8.97. The van der Waals surface area contributed by atoms with Gasteiger partial charge in [-0.1, -0.05) is 51.1 Å². The highest BCUT2D eigenvalue weighted by molar-refractivity contribution is 5.83. The Balaban J connectivity index is 1.49. The molecule has 2 aliphatic rings. The summed E-state index contributed by atoms with van der Waals surface area (Å²) in [7, 11) is 0. The lowest BCUT2D eigenvalue weighted by Gasteiger charge is -2.36. The van der Waals surface area contributed by atoms with Gasteiger partial charge in [0.1, 0.15) is 0 Å². The molecule has 1 heterocycles. The third-order valence-corrected chi connectivity index (χ3v) is 4.96. The second-order valence-corrected chi connectivity index (χ2v) is 8.30. The molecule has 0 aromatic heterocycles. The Hall–Kier alpha value is -1.84. The molecular formula is C20H28N2O2. The van der Waals surface area contributed by atoms with Crippen LogP contribution in [0.25, 0.3) is 0 Å². The Morgan fingerprint density at radius 1 is 1.00 bits per heavy atom. The smallest absolute Gasteiger partial charge is 0.226 e. The predicted octanol–water partition coefficient (Wildman–Crippen LogP) is 2.90. The van der Waals surface area contributed by atoms with Crippen LogP contribution in [0.15, 0.2) is 30.3 Å². The van der Waals surface area contributed by atoms with Gasteiger partial charge in [-0.2, -0.15) is 0 Å². The van der Waals surface area contributed by atoms with Gasteiger partial charge in [0.2, 0.25) is 11.8 Å². The summed E-state index contributed by atoms with van der Waals surface area (Å²) in [5, 5.41) is 0. The highest BCUT2D eigenvalue weighted by atomic mass is 16.2. The molecule has 0 bridgehead atoms. The van der Waals surface area contributed by atoms with E-state index in [-0.39, 0.29) is 23.1 Å². The summed E-state index contributed by atoms with van der Waals surface area (Å²) in [6.45, 7) is 8.94. The second kappa shape index (κ2) is 6.58. The van der Waals surface area contributed by atoms with E-state index in [4.69, 9.17) is 0 Å². The number of amides is 2. The first-order valence-electron chi connectivity index (χ1n) is 8.97. The van der Waals surface area contributed by atoms with Crippen molar-refractivity contribution in [3.63, 3.8) is 0 Å². The molecule has 2 unspecified atom stereocenters. The highest BCUT2D eigenvalue weighted by Crippen LogP contribution is 2.48. The SMILES string of the molecule is CC(C)(C)CC(=O)N1CCN(C(=O)C2CC2c2ccccc2)CC1. The number of piperazine rings is 1. The lowest BCUT2D eigenvalue weighted by atomic mass is 9.91. The van der Waals surface area contributed by atoms with Gasteiger partial charge in [-0.15, -0.1) is 0 Å². The molecule has 4 heteroatoms. The molecule has 130 valence electrons. The number of hydrogen-bond donors (Lipinski definition) is 0. The zero-order valence-corrected chi connectivity index (χ0v) is 15.0. The van der Waals surface area contributed by atoms with E-state index in [9.17, 15) is 9.59 Å². The fourth-order valence-electron chi connectivity index (χ4n) is 3.51. The number of nitrogens with zero attached hydrogens (tertiary/aromatic N) is 2. The molecule has 4 nitrogen and oxygen atoms in total.